The Morgan fingerprint density at radius 2 is 1.06 bits per heavy atom. The summed E-state index contributed by atoms with van der Waals surface area (Å²) in [5, 5.41) is 6.08. The van der Waals surface area contributed by atoms with E-state index >= 15 is 0 Å². The molecule has 0 aliphatic carbocycles. The highest BCUT2D eigenvalue weighted by atomic mass is 32.2. The highest BCUT2D eigenvalue weighted by Crippen LogP contribution is 2.23. The molecule has 14 nitrogen and oxygen atoms in total. The van der Waals surface area contributed by atoms with Gasteiger partial charge < -0.3 is 24.3 Å². The fraction of sp³-hybridized carbons (Fsp3) is 0.429. The molecule has 3 aromatic carbocycles. The zero-order valence-electron chi connectivity index (χ0n) is 28.7. The third-order valence-corrected chi connectivity index (χ3v) is 11.1. The summed E-state index contributed by atoms with van der Waals surface area (Å²) < 4.78 is 74.9. The molecule has 0 aliphatic heterocycles. The zero-order chi connectivity index (χ0) is 37.1. The largest absolute Gasteiger partial charge is 0.379 e. The number of nitrogens with zero attached hydrogens (tertiary/aromatic N) is 3. The van der Waals surface area contributed by atoms with Gasteiger partial charge in [-0.1, -0.05) is 52.6 Å². The molecule has 3 rings (SSSR count). The first-order valence-corrected chi connectivity index (χ1v) is 19.6. The van der Waals surface area contributed by atoms with Crippen molar-refractivity contribution in [2.75, 3.05) is 77.5 Å². The minimum atomic E-state index is -4.03. The Kier molecular flexibility index (Phi) is 17.2. The molecule has 276 valence electrons. The van der Waals surface area contributed by atoms with Gasteiger partial charge in [0.15, 0.2) is 25.5 Å². The van der Waals surface area contributed by atoms with Gasteiger partial charge in [-0.05, 0) is 55.8 Å². The number of hydrogen-bond donors (Lipinski definition) is 1. The second kappa shape index (κ2) is 21.3. The lowest BCUT2D eigenvalue weighted by molar-refractivity contribution is -0.000572. The van der Waals surface area contributed by atoms with Gasteiger partial charge in [0.1, 0.15) is 0 Å². The van der Waals surface area contributed by atoms with Crippen LogP contribution in [0.4, 0.5) is 0 Å². The maximum atomic E-state index is 13.7. The Hall–Kier alpha value is -4.15. The number of benzene rings is 3. The van der Waals surface area contributed by atoms with E-state index in [2.05, 4.69) is 15.3 Å². The van der Waals surface area contributed by atoms with Crippen LogP contribution < -0.4 is 5.32 Å². The van der Waals surface area contributed by atoms with E-state index in [1.165, 1.54) is 48.5 Å². The summed E-state index contributed by atoms with van der Waals surface area (Å²) in [7, 11) is -8.06. The van der Waals surface area contributed by atoms with E-state index in [1.54, 1.807) is 24.3 Å². The number of Topliss-reactive ketones (excluding diaryl/α,β-unsaturated/α-hetero) is 1. The normalized spacial score (nSPS) is 11.7. The molecule has 0 saturated carbocycles. The standard InChI is InChI=1S/C35H44N4O10S2/c1-27-3-11-32(12-4-27)50(42,43)25-31(26-51(44,45)33-13-5-28(2)6-14-33)34(40)29-7-9-30(10-8-29)35(41)37-15-17-46-19-21-48-23-24-49-22-20-47-18-16-38-39-36/h3-14,31H,15-26H2,1-2H3,(H,37,41). The topological polar surface area (TPSA) is 200 Å². The fourth-order valence-electron chi connectivity index (χ4n) is 4.69. The van der Waals surface area contributed by atoms with E-state index in [4.69, 9.17) is 24.5 Å². The van der Waals surface area contributed by atoms with E-state index in [-0.39, 0.29) is 40.6 Å². The molecule has 1 amide bonds. The van der Waals surface area contributed by atoms with Crippen LogP contribution in [0.2, 0.25) is 0 Å². The summed E-state index contributed by atoms with van der Waals surface area (Å²) in [5.74, 6) is -3.90. The lowest BCUT2D eigenvalue weighted by Gasteiger charge is -2.17. The van der Waals surface area contributed by atoms with Crippen LogP contribution in [-0.2, 0) is 38.6 Å². The van der Waals surface area contributed by atoms with Crippen molar-refractivity contribution in [1.29, 1.82) is 0 Å². The van der Waals surface area contributed by atoms with E-state index in [1.807, 2.05) is 13.8 Å². The van der Waals surface area contributed by atoms with Gasteiger partial charge in [0.05, 0.1) is 80.1 Å². The van der Waals surface area contributed by atoms with Crippen molar-refractivity contribution in [2.24, 2.45) is 11.0 Å². The maximum Gasteiger partial charge on any atom is 0.251 e. The van der Waals surface area contributed by atoms with Gasteiger partial charge in [-0.15, -0.1) is 0 Å². The lowest BCUT2D eigenvalue weighted by atomic mass is 9.99. The summed E-state index contributed by atoms with van der Waals surface area (Å²) in [5.41, 5.74) is 10.2. The summed E-state index contributed by atoms with van der Waals surface area (Å²) in [6, 6.07) is 17.9. The Labute approximate surface area is 298 Å². The third-order valence-electron chi connectivity index (χ3n) is 7.45. The molecule has 16 heteroatoms. The summed E-state index contributed by atoms with van der Waals surface area (Å²) >= 11 is 0. The number of sulfone groups is 2. The molecule has 0 bridgehead atoms. The molecule has 0 heterocycles. The number of azide groups is 1. The van der Waals surface area contributed by atoms with Crippen molar-refractivity contribution in [3.05, 3.63) is 105 Å². The number of nitrogens with one attached hydrogen (secondary N) is 1. The van der Waals surface area contributed by atoms with Crippen molar-refractivity contribution in [2.45, 2.75) is 23.6 Å². The van der Waals surface area contributed by atoms with Gasteiger partial charge in [0.2, 0.25) is 0 Å². The van der Waals surface area contributed by atoms with Crippen molar-refractivity contribution in [3.63, 3.8) is 0 Å². The molecule has 0 radical (unpaired) electrons. The minimum absolute atomic E-state index is 0.00775. The van der Waals surface area contributed by atoms with E-state index in [0.29, 0.717) is 46.2 Å². The highest BCUT2D eigenvalue weighted by Gasteiger charge is 2.33. The number of hydrogen-bond acceptors (Lipinski definition) is 11. The first-order chi connectivity index (χ1) is 24.4. The van der Waals surface area contributed by atoms with Gasteiger partial charge in [-0.3, -0.25) is 9.59 Å². The molecule has 3 aromatic rings. The molecular formula is C35H44N4O10S2. The molecule has 51 heavy (non-hydrogen) atoms. The van der Waals surface area contributed by atoms with Gasteiger partial charge in [0.25, 0.3) is 5.91 Å². The van der Waals surface area contributed by atoms with Gasteiger partial charge >= 0.3 is 0 Å². The molecule has 0 aliphatic rings. The monoisotopic (exact) mass is 744 g/mol. The van der Waals surface area contributed by atoms with Crippen molar-refractivity contribution >= 4 is 31.4 Å². The first kappa shape index (κ1) is 41.3. The van der Waals surface area contributed by atoms with Gasteiger partial charge in [-0.2, -0.15) is 0 Å². The number of aryl methyl sites for hydroxylation is 2. The number of rotatable bonds is 24. The third kappa shape index (κ3) is 14.5. The predicted molar refractivity (Wildman–Crippen MR) is 190 cm³/mol. The Balaban J connectivity index is 1.49. The Morgan fingerprint density at radius 1 is 0.647 bits per heavy atom. The average molecular weight is 745 g/mol. The average Bonchev–Trinajstić information content (AvgIpc) is 3.11. The number of ether oxygens (including phenoxy) is 4. The number of carbonyl (C=O) groups is 2. The van der Waals surface area contributed by atoms with Crippen molar-refractivity contribution in [3.8, 4) is 0 Å². The lowest BCUT2D eigenvalue weighted by Crippen LogP contribution is -2.31. The van der Waals surface area contributed by atoms with E-state index in [9.17, 15) is 26.4 Å². The first-order valence-electron chi connectivity index (χ1n) is 16.3. The summed E-state index contributed by atoms with van der Waals surface area (Å²) in [6.45, 7) is 6.91. The number of carbonyl (C=O) groups excluding carboxylic acids is 2. The molecule has 0 aromatic heterocycles. The predicted octanol–water partition coefficient (Wildman–Crippen LogP) is 4.16. The molecular weight excluding hydrogens is 701 g/mol. The summed E-state index contributed by atoms with van der Waals surface area (Å²) in [4.78, 5) is 29.0. The van der Waals surface area contributed by atoms with E-state index in [0.717, 1.165) is 11.1 Å². The van der Waals surface area contributed by atoms with Crippen LogP contribution >= 0.6 is 0 Å². The second-order valence-electron chi connectivity index (χ2n) is 11.5. The number of ketones is 1. The van der Waals surface area contributed by atoms with Crippen LogP contribution in [0, 0.1) is 19.8 Å². The zero-order valence-corrected chi connectivity index (χ0v) is 30.4. The van der Waals surface area contributed by atoms with Crippen LogP contribution in [0.1, 0.15) is 31.8 Å². The van der Waals surface area contributed by atoms with Crippen LogP contribution in [0.3, 0.4) is 0 Å². The van der Waals surface area contributed by atoms with Crippen LogP contribution in [-0.4, -0.2) is 106 Å². The molecule has 1 N–H and O–H groups in total. The molecule has 0 unspecified atom stereocenters. The van der Waals surface area contributed by atoms with Crippen LogP contribution in [0.15, 0.2) is 87.7 Å². The quantitative estimate of drug-likeness (QED) is 0.0457. The Bertz CT molecular complexity index is 1730. The van der Waals surface area contributed by atoms with Gasteiger partial charge in [-0.25, -0.2) is 16.8 Å². The highest BCUT2D eigenvalue weighted by molar-refractivity contribution is 7.92. The maximum absolute atomic E-state index is 13.7. The van der Waals surface area contributed by atoms with E-state index < -0.39 is 48.8 Å². The molecule has 0 fully saturated rings. The SMILES string of the molecule is Cc1ccc(S(=O)(=O)CC(CS(=O)(=O)c2ccc(C)cc2)C(=O)c2ccc(C(=O)NCCOCCOCCOCCOCCN=[N+]=[N-])cc2)cc1. The molecule has 0 saturated heterocycles. The smallest absolute Gasteiger partial charge is 0.251 e. The van der Waals surface area contributed by atoms with Crippen LogP contribution in [0.5, 0.6) is 0 Å². The Morgan fingerprint density at radius 3 is 1.51 bits per heavy atom. The van der Waals surface area contributed by atoms with Crippen LogP contribution in [0.25, 0.3) is 10.4 Å². The van der Waals surface area contributed by atoms with Crippen molar-refractivity contribution < 1.29 is 45.4 Å². The molecule has 0 spiro atoms. The molecule has 0 atom stereocenters. The fourth-order valence-corrected chi connectivity index (χ4v) is 7.92. The van der Waals surface area contributed by atoms with Gasteiger partial charge in [0, 0.05) is 29.1 Å². The number of amides is 1. The second-order valence-corrected chi connectivity index (χ2v) is 15.6. The summed E-state index contributed by atoms with van der Waals surface area (Å²) in [6.07, 6.45) is 0. The van der Waals surface area contributed by atoms with Crippen molar-refractivity contribution in [1.82, 2.24) is 5.32 Å². The minimum Gasteiger partial charge on any atom is -0.379 e.